The van der Waals surface area contributed by atoms with Crippen LogP contribution in [-0.2, 0) is 9.59 Å². The molecule has 0 bridgehead atoms. The second-order valence-electron chi connectivity index (χ2n) is 7.21. The zero-order valence-corrected chi connectivity index (χ0v) is 17.0. The van der Waals surface area contributed by atoms with Crippen molar-refractivity contribution in [1.82, 2.24) is 4.90 Å². The number of carboxylic acids is 2. The molecule has 2 aliphatic rings. The first-order valence-electron chi connectivity index (χ1n) is 9.75. The molecule has 0 spiro atoms. The van der Waals surface area contributed by atoms with Gasteiger partial charge in [0.25, 0.3) is 0 Å². The Morgan fingerprint density at radius 1 is 1.00 bits per heavy atom. The van der Waals surface area contributed by atoms with Crippen molar-refractivity contribution in [2.75, 3.05) is 20.1 Å². The van der Waals surface area contributed by atoms with Crippen LogP contribution in [0.5, 0.6) is 11.5 Å². The molecule has 4 rings (SSSR count). The summed E-state index contributed by atoms with van der Waals surface area (Å²) in [6.07, 6.45) is 3.25. The molecule has 1 fully saturated rings. The van der Waals surface area contributed by atoms with Crippen molar-refractivity contribution in [2.24, 2.45) is 0 Å². The van der Waals surface area contributed by atoms with Gasteiger partial charge in [0.15, 0.2) is 0 Å². The zero-order chi connectivity index (χ0) is 22.4. The summed E-state index contributed by atoms with van der Waals surface area (Å²) in [6.45, 7) is 2.16. The van der Waals surface area contributed by atoms with Gasteiger partial charge in [-0.2, -0.15) is 5.26 Å². The van der Waals surface area contributed by atoms with Crippen LogP contribution >= 0.6 is 0 Å². The summed E-state index contributed by atoms with van der Waals surface area (Å²) in [5.41, 5.74) is 5.62. The first-order chi connectivity index (χ1) is 14.9. The molecule has 2 aromatic carbocycles. The van der Waals surface area contributed by atoms with Gasteiger partial charge in [0, 0.05) is 36.4 Å². The van der Waals surface area contributed by atoms with Crippen LogP contribution in [0.3, 0.4) is 0 Å². The number of nitriles is 1. The Labute approximate surface area is 180 Å². The number of benzene rings is 2. The molecule has 0 aromatic heterocycles. The number of para-hydroxylation sites is 1. The van der Waals surface area contributed by atoms with E-state index in [0.717, 1.165) is 48.6 Å². The molecule has 0 unspecified atom stereocenters. The molecule has 0 saturated carbocycles. The third kappa shape index (κ3) is 5.38. The summed E-state index contributed by atoms with van der Waals surface area (Å²) >= 11 is 0. The molecule has 31 heavy (non-hydrogen) atoms. The van der Waals surface area contributed by atoms with Gasteiger partial charge in [0.1, 0.15) is 11.5 Å². The van der Waals surface area contributed by atoms with E-state index in [1.165, 1.54) is 11.1 Å². The molecule has 2 aliphatic heterocycles. The third-order valence-electron chi connectivity index (χ3n) is 5.07. The molecule has 2 aromatic rings. The van der Waals surface area contributed by atoms with Crippen molar-refractivity contribution in [2.45, 2.75) is 12.8 Å². The van der Waals surface area contributed by atoms with Crippen LogP contribution in [0.25, 0.3) is 5.57 Å². The molecule has 1 saturated heterocycles. The van der Waals surface area contributed by atoms with Crippen molar-refractivity contribution >= 4 is 17.5 Å². The lowest BCUT2D eigenvalue weighted by Gasteiger charge is -2.30. The SMILES string of the molecule is CN1CCC(=C2c3ccccc3Oc3ccc(C#N)cc32)CC1.O=C(O)/C=C/C(=O)O. The Balaban J connectivity index is 0.000000293. The number of likely N-dealkylation sites (tertiary alicyclic amines) is 1. The molecule has 7 heteroatoms. The molecular weight excluding hydrogens is 396 g/mol. The minimum atomic E-state index is -1.26. The second kappa shape index (κ2) is 9.74. The third-order valence-corrected chi connectivity index (χ3v) is 5.07. The van der Waals surface area contributed by atoms with E-state index in [2.05, 4.69) is 30.1 Å². The average molecular weight is 418 g/mol. The molecule has 158 valence electrons. The maximum absolute atomic E-state index is 9.55. The molecule has 0 atom stereocenters. The minimum Gasteiger partial charge on any atom is -0.478 e. The maximum atomic E-state index is 9.55. The normalized spacial score (nSPS) is 15.1. The van der Waals surface area contributed by atoms with Gasteiger partial charge in [0.05, 0.1) is 11.6 Å². The van der Waals surface area contributed by atoms with E-state index in [1.807, 2.05) is 30.3 Å². The van der Waals surface area contributed by atoms with Crippen molar-refractivity contribution in [3.8, 4) is 17.6 Å². The first-order valence-corrected chi connectivity index (χ1v) is 9.75. The van der Waals surface area contributed by atoms with Crippen LogP contribution in [-0.4, -0.2) is 47.2 Å². The van der Waals surface area contributed by atoms with E-state index in [9.17, 15) is 14.9 Å². The highest BCUT2D eigenvalue weighted by Gasteiger charge is 2.26. The van der Waals surface area contributed by atoms with Crippen molar-refractivity contribution in [1.29, 1.82) is 5.26 Å². The number of nitrogens with zero attached hydrogens (tertiary/aromatic N) is 2. The molecular formula is C24H22N2O5. The molecule has 0 aliphatic carbocycles. The van der Waals surface area contributed by atoms with Gasteiger partial charge in [-0.15, -0.1) is 0 Å². The van der Waals surface area contributed by atoms with Crippen molar-refractivity contribution in [3.05, 3.63) is 76.9 Å². The lowest BCUT2D eigenvalue weighted by Crippen LogP contribution is -2.27. The smallest absolute Gasteiger partial charge is 0.328 e. The van der Waals surface area contributed by atoms with E-state index >= 15 is 0 Å². The molecule has 0 amide bonds. The average Bonchev–Trinajstić information content (AvgIpc) is 2.77. The Kier molecular flexibility index (Phi) is 6.85. The van der Waals surface area contributed by atoms with Crippen LogP contribution < -0.4 is 4.74 Å². The number of hydrogen-bond donors (Lipinski definition) is 2. The predicted molar refractivity (Wildman–Crippen MR) is 115 cm³/mol. The summed E-state index contributed by atoms with van der Waals surface area (Å²) in [7, 11) is 2.17. The molecule has 2 heterocycles. The van der Waals surface area contributed by atoms with Crippen LogP contribution in [0.4, 0.5) is 0 Å². The Bertz CT molecular complexity index is 1090. The number of piperidine rings is 1. The molecule has 2 N–H and O–H groups in total. The predicted octanol–water partition coefficient (Wildman–Crippen LogP) is 3.90. The number of rotatable bonds is 2. The highest BCUT2D eigenvalue weighted by Crippen LogP contribution is 2.46. The summed E-state index contributed by atoms with van der Waals surface area (Å²) in [4.78, 5) is 21.5. The Morgan fingerprint density at radius 3 is 2.23 bits per heavy atom. The van der Waals surface area contributed by atoms with Crippen molar-refractivity contribution < 1.29 is 24.5 Å². The summed E-state index contributed by atoms with van der Waals surface area (Å²) in [5.74, 6) is -0.755. The quantitative estimate of drug-likeness (QED) is 0.607. The summed E-state index contributed by atoms with van der Waals surface area (Å²) in [6, 6.07) is 16.1. The van der Waals surface area contributed by atoms with Crippen LogP contribution in [0.1, 0.15) is 29.5 Å². The van der Waals surface area contributed by atoms with E-state index in [0.29, 0.717) is 17.7 Å². The maximum Gasteiger partial charge on any atom is 0.328 e. The number of carbonyl (C=O) groups is 2. The number of aliphatic carboxylic acids is 2. The highest BCUT2D eigenvalue weighted by molar-refractivity contribution is 5.90. The van der Waals surface area contributed by atoms with Gasteiger partial charge >= 0.3 is 11.9 Å². The fourth-order valence-electron chi connectivity index (χ4n) is 3.57. The fourth-order valence-corrected chi connectivity index (χ4v) is 3.57. The van der Waals surface area contributed by atoms with E-state index in [1.54, 1.807) is 0 Å². The van der Waals surface area contributed by atoms with Gasteiger partial charge < -0.3 is 19.8 Å². The molecule has 0 radical (unpaired) electrons. The Hall–Kier alpha value is -3.89. The van der Waals surface area contributed by atoms with Gasteiger partial charge in [-0.25, -0.2) is 9.59 Å². The van der Waals surface area contributed by atoms with E-state index in [4.69, 9.17) is 14.9 Å². The van der Waals surface area contributed by atoms with Crippen LogP contribution in [0.2, 0.25) is 0 Å². The lowest BCUT2D eigenvalue weighted by atomic mass is 9.85. The monoisotopic (exact) mass is 418 g/mol. The number of hydrogen-bond acceptors (Lipinski definition) is 5. The van der Waals surface area contributed by atoms with Gasteiger partial charge in [-0.3, -0.25) is 0 Å². The minimum absolute atomic E-state index is 0.558. The van der Waals surface area contributed by atoms with Gasteiger partial charge in [-0.1, -0.05) is 23.8 Å². The molecule has 7 nitrogen and oxygen atoms in total. The van der Waals surface area contributed by atoms with Crippen LogP contribution in [0, 0.1) is 11.3 Å². The number of ether oxygens (including phenoxy) is 1. The highest BCUT2D eigenvalue weighted by atomic mass is 16.5. The van der Waals surface area contributed by atoms with E-state index < -0.39 is 11.9 Å². The second-order valence-corrected chi connectivity index (χ2v) is 7.21. The van der Waals surface area contributed by atoms with E-state index in [-0.39, 0.29) is 0 Å². The standard InChI is InChI=1S/C20H18N2O.C4H4O4/c1-22-10-8-15(9-11-22)20-16-4-2-3-5-18(16)23-19-7-6-14(13-21)12-17(19)20;5-3(6)1-2-4(7)8/h2-7,12H,8-11H2,1H3;1-2H,(H,5,6)(H,7,8)/b;2-1+. The van der Waals surface area contributed by atoms with Crippen molar-refractivity contribution in [3.63, 3.8) is 0 Å². The topological polar surface area (TPSA) is 111 Å². The summed E-state index contributed by atoms with van der Waals surface area (Å²) < 4.78 is 6.07. The van der Waals surface area contributed by atoms with Crippen LogP contribution in [0.15, 0.2) is 60.2 Å². The zero-order valence-electron chi connectivity index (χ0n) is 17.0. The summed E-state index contributed by atoms with van der Waals surface area (Å²) in [5, 5.41) is 24.9. The fraction of sp³-hybridized carbons (Fsp3) is 0.208. The largest absolute Gasteiger partial charge is 0.478 e. The lowest BCUT2D eigenvalue weighted by molar-refractivity contribution is -0.134. The van der Waals surface area contributed by atoms with Gasteiger partial charge in [-0.05, 0) is 49.7 Å². The number of carboxylic acid groups (broad SMARTS) is 2. The first kappa shape index (κ1) is 21.8. The number of fused-ring (bicyclic) bond motifs is 2. The van der Waals surface area contributed by atoms with Gasteiger partial charge in [0.2, 0.25) is 0 Å². The Morgan fingerprint density at radius 2 is 1.61 bits per heavy atom.